The maximum Gasteiger partial charge on any atom is 0.336 e. The Balaban J connectivity index is 2.56. The zero-order chi connectivity index (χ0) is 13.0. The number of esters is 1. The Morgan fingerprint density at radius 3 is 2.65 bits per heavy atom. The number of ether oxygens (including phenoxy) is 1. The molecule has 1 aromatic heterocycles. The van der Waals surface area contributed by atoms with Gasteiger partial charge in [-0.2, -0.15) is 0 Å². The molecule has 0 spiro atoms. The molecule has 0 radical (unpaired) electrons. The molecule has 2 N–H and O–H groups in total. The summed E-state index contributed by atoms with van der Waals surface area (Å²) < 4.78 is 9.52. The molecule has 17 heavy (non-hydrogen) atoms. The molecule has 1 atom stereocenters. The number of amides is 1. The molecule has 0 bridgehead atoms. The predicted molar refractivity (Wildman–Crippen MR) is 58.5 cm³/mol. The van der Waals surface area contributed by atoms with Gasteiger partial charge in [0.2, 0.25) is 0 Å². The lowest BCUT2D eigenvalue weighted by Crippen LogP contribution is -2.37. The van der Waals surface area contributed by atoms with Crippen LogP contribution in [0.1, 0.15) is 21.9 Å². The average molecular weight is 241 g/mol. The van der Waals surface area contributed by atoms with E-state index < -0.39 is 18.0 Å². The summed E-state index contributed by atoms with van der Waals surface area (Å²) in [5.41, 5.74) is 0.388. The molecule has 1 unspecified atom stereocenters. The predicted octanol–water partition coefficient (Wildman–Crippen LogP) is 0.160. The van der Waals surface area contributed by atoms with E-state index in [4.69, 9.17) is 4.42 Å². The zero-order valence-corrected chi connectivity index (χ0v) is 9.94. The van der Waals surface area contributed by atoms with Crippen molar-refractivity contribution in [2.45, 2.75) is 20.0 Å². The molecule has 1 heterocycles. The minimum Gasteiger partial charge on any atom is -0.467 e. The number of aliphatic hydroxyl groups is 1. The summed E-state index contributed by atoms with van der Waals surface area (Å²) in [6.07, 6.45) is -1.36. The van der Waals surface area contributed by atoms with Gasteiger partial charge in [0.05, 0.1) is 19.2 Å². The highest BCUT2D eigenvalue weighted by molar-refractivity contribution is 5.95. The molecule has 0 saturated carbocycles. The van der Waals surface area contributed by atoms with Crippen LogP contribution >= 0.6 is 0 Å². The van der Waals surface area contributed by atoms with Crippen molar-refractivity contribution in [2.24, 2.45) is 0 Å². The molecule has 0 fully saturated rings. The van der Waals surface area contributed by atoms with Crippen molar-refractivity contribution in [1.82, 2.24) is 5.32 Å². The number of hydrogen-bond donors (Lipinski definition) is 2. The van der Waals surface area contributed by atoms with E-state index in [0.717, 1.165) is 7.11 Å². The molecular formula is C11H15NO5. The third-order valence-electron chi connectivity index (χ3n) is 2.21. The maximum absolute atomic E-state index is 11.7. The van der Waals surface area contributed by atoms with E-state index in [1.165, 1.54) is 0 Å². The van der Waals surface area contributed by atoms with Crippen LogP contribution in [0.15, 0.2) is 10.5 Å². The smallest absolute Gasteiger partial charge is 0.336 e. The van der Waals surface area contributed by atoms with E-state index in [9.17, 15) is 14.7 Å². The number of hydrogen-bond acceptors (Lipinski definition) is 5. The van der Waals surface area contributed by atoms with E-state index in [1.807, 2.05) is 0 Å². The average Bonchev–Trinajstić information content (AvgIpc) is 2.63. The number of rotatable bonds is 4. The van der Waals surface area contributed by atoms with Gasteiger partial charge < -0.3 is 19.6 Å². The molecule has 0 aliphatic rings. The van der Waals surface area contributed by atoms with Crippen molar-refractivity contribution < 1.29 is 23.8 Å². The van der Waals surface area contributed by atoms with Crippen LogP contribution in [0.3, 0.4) is 0 Å². The molecule has 1 aromatic rings. The van der Waals surface area contributed by atoms with Crippen LogP contribution in [-0.2, 0) is 9.53 Å². The fourth-order valence-corrected chi connectivity index (χ4v) is 1.36. The molecule has 94 valence electrons. The van der Waals surface area contributed by atoms with Crippen LogP contribution in [0.2, 0.25) is 0 Å². The van der Waals surface area contributed by atoms with E-state index in [0.29, 0.717) is 17.1 Å². The standard InChI is InChI=1S/C11H15NO5/c1-6-4-8(7(2)17-6)10(14)12-5-9(13)11(15)16-3/h4,9,13H,5H2,1-3H3,(H,12,14). The first-order chi connectivity index (χ1) is 7.95. The Morgan fingerprint density at radius 2 is 2.18 bits per heavy atom. The largest absolute Gasteiger partial charge is 0.467 e. The number of aliphatic hydroxyl groups excluding tert-OH is 1. The Hall–Kier alpha value is -1.82. The van der Waals surface area contributed by atoms with E-state index in [2.05, 4.69) is 10.1 Å². The lowest BCUT2D eigenvalue weighted by molar-refractivity contribution is -0.149. The fourth-order valence-electron chi connectivity index (χ4n) is 1.36. The topological polar surface area (TPSA) is 88.8 Å². The Bertz CT molecular complexity index is 423. The van der Waals surface area contributed by atoms with E-state index >= 15 is 0 Å². The molecular weight excluding hydrogens is 226 g/mol. The van der Waals surface area contributed by atoms with Gasteiger partial charge in [0.1, 0.15) is 11.5 Å². The first-order valence-corrected chi connectivity index (χ1v) is 5.06. The van der Waals surface area contributed by atoms with Crippen molar-refractivity contribution in [3.8, 4) is 0 Å². The van der Waals surface area contributed by atoms with Gasteiger partial charge in [-0.1, -0.05) is 0 Å². The number of furan rings is 1. The van der Waals surface area contributed by atoms with Gasteiger partial charge in [-0.05, 0) is 19.9 Å². The normalized spacial score (nSPS) is 12.0. The monoisotopic (exact) mass is 241 g/mol. The number of carbonyl (C=O) groups excluding carboxylic acids is 2. The van der Waals surface area contributed by atoms with E-state index in [-0.39, 0.29) is 6.54 Å². The summed E-state index contributed by atoms with van der Waals surface area (Å²) in [4.78, 5) is 22.5. The molecule has 0 saturated heterocycles. The van der Waals surface area contributed by atoms with Crippen LogP contribution < -0.4 is 5.32 Å². The highest BCUT2D eigenvalue weighted by atomic mass is 16.5. The van der Waals surface area contributed by atoms with Gasteiger partial charge >= 0.3 is 5.97 Å². The Labute approximate surface area is 98.6 Å². The summed E-state index contributed by atoms with van der Waals surface area (Å²) in [7, 11) is 1.16. The Morgan fingerprint density at radius 1 is 1.53 bits per heavy atom. The molecule has 1 rings (SSSR count). The summed E-state index contributed by atoms with van der Waals surface area (Å²) in [5, 5.41) is 11.7. The third kappa shape index (κ3) is 3.32. The lowest BCUT2D eigenvalue weighted by atomic mass is 10.2. The Kier molecular flexibility index (Phi) is 4.28. The number of aryl methyl sites for hydroxylation is 2. The van der Waals surface area contributed by atoms with Crippen LogP contribution in [0.4, 0.5) is 0 Å². The van der Waals surface area contributed by atoms with Crippen molar-refractivity contribution in [3.63, 3.8) is 0 Å². The van der Waals surface area contributed by atoms with Gasteiger partial charge in [-0.3, -0.25) is 4.79 Å². The van der Waals surface area contributed by atoms with E-state index in [1.54, 1.807) is 19.9 Å². The quantitative estimate of drug-likeness (QED) is 0.733. The first-order valence-electron chi connectivity index (χ1n) is 5.06. The van der Waals surface area contributed by atoms with Gasteiger partial charge in [-0.25, -0.2) is 4.79 Å². The maximum atomic E-state index is 11.7. The minimum absolute atomic E-state index is 0.199. The van der Waals surface area contributed by atoms with Crippen molar-refractivity contribution in [3.05, 3.63) is 23.2 Å². The SMILES string of the molecule is COC(=O)C(O)CNC(=O)c1cc(C)oc1C. The molecule has 6 nitrogen and oxygen atoms in total. The van der Waals surface area contributed by atoms with Gasteiger partial charge in [0.25, 0.3) is 5.91 Å². The van der Waals surface area contributed by atoms with Crippen LogP contribution in [0.5, 0.6) is 0 Å². The van der Waals surface area contributed by atoms with Gasteiger partial charge in [0, 0.05) is 0 Å². The molecule has 0 aliphatic heterocycles. The van der Waals surface area contributed by atoms with Crippen LogP contribution in [-0.4, -0.2) is 36.7 Å². The van der Waals surface area contributed by atoms with Crippen molar-refractivity contribution in [1.29, 1.82) is 0 Å². The third-order valence-corrected chi connectivity index (χ3v) is 2.21. The van der Waals surface area contributed by atoms with Gasteiger partial charge in [-0.15, -0.1) is 0 Å². The summed E-state index contributed by atoms with van der Waals surface area (Å²) in [5.74, 6) is -0.0681. The van der Waals surface area contributed by atoms with Crippen molar-refractivity contribution in [2.75, 3.05) is 13.7 Å². The summed E-state index contributed by atoms with van der Waals surface area (Å²) in [6, 6.07) is 1.59. The van der Waals surface area contributed by atoms with Crippen LogP contribution in [0, 0.1) is 13.8 Å². The molecule has 6 heteroatoms. The number of carbonyl (C=O) groups is 2. The second kappa shape index (κ2) is 5.49. The number of nitrogens with one attached hydrogen (secondary N) is 1. The summed E-state index contributed by atoms with van der Waals surface area (Å²) in [6.45, 7) is 3.20. The zero-order valence-electron chi connectivity index (χ0n) is 9.94. The number of methoxy groups -OCH3 is 1. The van der Waals surface area contributed by atoms with Crippen molar-refractivity contribution >= 4 is 11.9 Å². The highest BCUT2D eigenvalue weighted by Gasteiger charge is 2.18. The molecule has 0 aliphatic carbocycles. The minimum atomic E-state index is -1.36. The fraction of sp³-hybridized carbons (Fsp3) is 0.455. The lowest BCUT2D eigenvalue weighted by Gasteiger charge is -2.09. The molecule has 1 amide bonds. The highest BCUT2D eigenvalue weighted by Crippen LogP contribution is 2.13. The second-order valence-electron chi connectivity index (χ2n) is 3.58. The summed E-state index contributed by atoms with van der Waals surface area (Å²) >= 11 is 0. The second-order valence-corrected chi connectivity index (χ2v) is 3.58. The molecule has 0 aromatic carbocycles. The van der Waals surface area contributed by atoms with Crippen LogP contribution in [0.25, 0.3) is 0 Å². The first kappa shape index (κ1) is 13.2. The van der Waals surface area contributed by atoms with Gasteiger partial charge in [0.15, 0.2) is 6.10 Å².